The summed E-state index contributed by atoms with van der Waals surface area (Å²) in [7, 11) is 0. The monoisotopic (exact) mass is 469 g/mol. The number of carbonyl (C=O) groups excluding carboxylic acids is 1. The Morgan fingerprint density at radius 3 is 2.50 bits per heavy atom. The lowest BCUT2D eigenvalue weighted by molar-refractivity contribution is 0.0709. The minimum absolute atomic E-state index is 0.125. The van der Waals surface area contributed by atoms with Crippen LogP contribution in [-0.2, 0) is 11.3 Å². The highest BCUT2D eigenvalue weighted by Gasteiger charge is 2.32. The van der Waals surface area contributed by atoms with Crippen molar-refractivity contribution in [2.75, 3.05) is 32.8 Å². The summed E-state index contributed by atoms with van der Waals surface area (Å²) in [6.45, 7) is 5.73. The second kappa shape index (κ2) is 10.1. The summed E-state index contributed by atoms with van der Waals surface area (Å²) >= 11 is 0. The van der Waals surface area contributed by atoms with Gasteiger partial charge in [0.2, 0.25) is 0 Å². The first-order valence-electron chi connectivity index (χ1n) is 11.3. The van der Waals surface area contributed by atoms with E-state index < -0.39 is 11.9 Å². The van der Waals surface area contributed by atoms with Gasteiger partial charge in [-0.3, -0.25) is 9.69 Å². The van der Waals surface area contributed by atoms with Gasteiger partial charge in [-0.1, -0.05) is 12.1 Å². The Morgan fingerprint density at radius 1 is 1.18 bits per heavy atom. The molecule has 3 heterocycles. The molecule has 1 aliphatic heterocycles. The van der Waals surface area contributed by atoms with E-state index in [-0.39, 0.29) is 29.5 Å². The molecule has 0 unspecified atom stereocenters. The molecule has 1 amide bonds. The van der Waals surface area contributed by atoms with E-state index in [1.165, 1.54) is 12.1 Å². The Balaban J connectivity index is 1.74. The number of rotatable bonds is 6. The number of aryl methyl sites for hydroxylation is 1. The Labute approximate surface area is 196 Å². The average Bonchev–Trinajstić information content (AvgIpc) is 3.34. The number of furan rings is 1. The zero-order valence-corrected chi connectivity index (χ0v) is 19.2. The van der Waals surface area contributed by atoms with Gasteiger partial charge in [0.05, 0.1) is 31.0 Å². The summed E-state index contributed by atoms with van der Waals surface area (Å²) in [6.07, 6.45) is 1.17. The van der Waals surface area contributed by atoms with Crippen molar-refractivity contribution < 1.29 is 23.4 Å². The Bertz CT molecular complexity index is 1180. The van der Waals surface area contributed by atoms with Crippen LogP contribution >= 0.6 is 0 Å². The molecule has 1 N–H and O–H groups in total. The number of nitrogens with zero attached hydrogens (tertiary/aromatic N) is 3. The summed E-state index contributed by atoms with van der Waals surface area (Å²) in [6, 6.07) is 10.4. The second-order valence-electron chi connectivity index (χ2n) is 8.23. The zero-order valence-electron chi connectivity index (χ0n) is 19.2. The van der Waals surface area contributed by atoms with Gasteiger partial charge >= 0.3 is 6.09 Å². The van der Waals surface area contributed by atoms with E-state index in [9.17, 15) is 19.1 Å². The lowest BCUT2D eigenvalue weighted by Gasteiger charge is -2.39. The molecule has 9 heteroatoms. The van der Waals surface area contributed by atoms with Crippen LogP contribution in [0.15, 0.2) is 57.9 Å². The molecule has 8 nitrogen and oxygen atoms in total. The molecule has 1 aromatic carbocycles. The van der Waals surface area contributed by atoms with E-state index in [2.05, 4.69) is 0 Å². The number of hydrogen-bond donors (Lipinski definition) is 1. The van der Waals surface area contributed by atoms with Gasteiger partial charge in [-0.25, -0.2) is 9.18 Å². The first-order valence-corrected chi connectivity index (χ1v) is 11.3. The maximum atomic E-state index is 13.7. The highest BCUT2D eigenvalue weighted by molar-refractivity contribution is 5.67. The fraction of sp³-hybridized carbons (Fsp3) is 0.360. The number of piperazine rings is 1. The van der Waals surface area contributed by atoms with Crippen molar-refractivity contribution in [3.05, 3.63) is 87.5 Å². The van der Waals surface area contributed by atoms with Crippen LogP contribution in [0.2, 0.25) is 0 Å². The lowest BCUT2D eigenvalue weighted by Crippen LogP contribution is -2.50. The summed E-state index contributed by atoms with van der Waals surface area (Å²) in [5, 5.41) is 10.9. The number of amides is 1. The van der Waals surface area contributed by atoms with Crippen molar-refractivity contribution in [2.24, 2.45) is 0 Å². The number of carbonyl (C=O) groups is 1. The maximum absolute atomic E-state index is 13.7. The topological polar surface area (TPSA) is 88.2 Å². The average molecular weight is 470 g/mol. The molecule has 0 aliphatic carbocycles. The predicted molar refractivity (Wildman–Crippen MR) is 123 cm³/mol. The van der Waals surface area contributed by atoms with Crippen LogP contribution in [0.5, 0.6) is 5.75 Å². The molecule has 1 aliphatic rings. The standard InChI is InChI=1S/C25H28FN3O5/c1-3-33-25(32)28-12-10-27(11-13-28)23(18-6-8-19(26)9-7-18)22-21(30)15-17(2)29(24(22)31)16-20-5-4-14-34-20/h4-9,14-15,23,30H,3,10-13,16H2,1-2H3/t23-/m1/s1. The van der Waals surface area contributed by atoms with Crippen molar-refractivity contribution >= 4 is 6.09 Å². The van der Waals surface area contributed by atoms with Crippen LogP contribution in [0.25, 0.3) is 0 Å². The van der Waals surface area contributed by atoms with Gasteiger partial charge in [-0.15, -0.1) is 0 Å². The molecule has 34 heavy (non-hydrogen) atoms. The molecule has 180 valence electrons. The molecule has 0 saturated carbocycles. The molecule has 1 atom stereocenters. The van der Waals surface area contributed by atoms with Crippen LogP contribution in [0.4, 0.5) is 9.18 Å². The molecule has 0 radical (unpaired) electrons. The fourth-order valence-corrected chi connectivity index (χ4v) is 4.36. The highest BCUT2D eigenvalue weighted by Crippen LogP contribution is 2.33. The highest BCUT2D eigenvalue weighted by atomic mass is 19.1. The number of ether oxygens (including phenoxy) is 1. The van der Waals surface area contributed by atoms with Gasteiger partial charge in [0.1, 0.15) is 17.3 Å². The SMILES string of the molecule is CCOC(=O)N1CCN([C@H](c2ccc(F)cc2)c2c(O)cc(C)n(Cc3ccco3)c2=O)CC1. The second-order valence-corrected chi connectivity index (χ2v) is 8.23. The third kappa shape index (κ3) is 4.84. The third-order valence-electron chi connectivity index (χ3n) is 6.08. The van der Waals surface area contributed by atoms with Crippen LogP contribution < -0.4 is 5.56 Å². The third-order valence-corrected chi connectivity index (χ3v) is 6.08. The largest absolute Gasteiger partial charge is 0.507 e. The molecule has 3 aromatic rings. The van der Waals surface area contributed by atoms with E-state index in [4.69, 9.17) is 9.15 Å². The summed E-state index contributed by atoms with van der Waals surface area (Å²) in [5.74, 6) is 0.0987. The van der Waals surface area contributed by atoms with Gasteiger partial charge < -0.3 is 23.7 Å². The lowest BCUT2D eigenvalue weighted by atomic mass is 9.96. The molecule has 4 rings (SSSR count). The van der Waals surface area contributed by atoms with Crippen LogP contribution in [-0.4, -0.2) is 58.4 Å². The number of aromatic nitrogens is 1. The molecular weight excluding hydrogens is 441 g/mol. The smallest absolute Gasteiger partial charge is 0.409 e. The van der Waals surface area contributed by atoms with E-state index in [0.29, 0.717) is 49.8 Å². The van der Waals surface area contributed by atoms with E-state index in [0.717, 1.165) is 0 Å². The van der Waals surface area contributed by atoms with Crippen molar-refractivity contribution in [3.63, 3.8) is 0 Å². The normalized spacial score (nSPS) is 15.3. The van der Waals surface area contributed by atoms with Gasteiger partial charge in [-0.2, -0.15) is 0 Å². The number of hydrogen-bond acceptors (Lipinski definition) is 6. The predicted octanol–water partition coefficient (Wildman–Crippen LogP) is 3.51. The molecule has 0 bridgehead atoms. The number of pyridine rings is 1. The van der Waals surface area contributed by atoms with Crippen LogP contribution in [0.3, 0.4) is 0 Å². The van der Waals surface area contributed by atoms with Gasteiger partial charge in [0, 0.05) is 31.9 Å². The van der Waals surface area contributed by atoms with Crippen molar-refractivity contribution in [1.29, 1.82) is 0 Å². The van der Waals surface area contributed by atoms with Crippen molar-refractivity contribution in [1.82, 2.24) is 14.4 Å². The minimum Gasteiger partial charge on any atom is -0.507 e. The Hall–Kier alpha value is -3.59. The van der Waals surface area contributed by atoms with Crippen molar-refractivity contribution in [2.45, 2.75) is 26.4 Å². The molecule has 0 spiro atoms. The zero-order chi connectivity index (χ0) is 24.2. The molecular formula is C25H28FN3O5. The number of benzene rings is 1. The minimum atomic E-state index is -0.624. The van der Waals surface area contributed by atoms with Gasteiger partial charge in [0.25, 0.3) is 5.56 Å². The first-order chi connectivity index (χ1) is 16.4. The summed E-state index contributed by atoms with van der Waals surface area (Å²) in [4.78, 5) is 29.5. The van der Waals surface area contributed by atoms with Crippen LogP contribution in [0, 0.1) is 12.7 Å². The van der Waals surface area contributed by atoms with Crippen molar-refractivity contribution in [3.8, 4) is 5.75 Å². The number of aromatic hydroxyl groups is 1. The van der Waals surface area contributed by atoms with E-state index in [1.54, 1.807) is 59.9 Å². The Morgan fingerprint density at radius 2 is 1.88 bits per heavy atom. The summed E-state index contributed by atoms with van der Waals surface area (Å²) in [5.41, 5.74) is 1.11. The first kappa shape index (κ1) is 23.6. The van der Waals surface area contributed by atoms with Crippen LogP contribution in [0.1, 0.15) is 35.5 Å². The molecule has 1 fully saturated rings. The number of halogens is 1. The van der Waals surface area contributed by atoms with E-state index in [1.807, 2.05) is 4.90 Å². The fourth-order valence-electron chi connectivity index (χ4n) is 4.36. The summed E-state index contributed by atoms with van der Waals surface area (Å²) < 4.78 is 25.8. The maximum Gasteiger partial charge on any atom is 0.409 e. The molecule has 1 saturated heterocycles. The Kier molecular flexibility index (Phi) is 7.02. The molecule has 2 aromatic heterocycles. The quantitative estimate of drug-likeness (QED) is 0.595. The van der Waals surface area contributed by atoms with Gasteiger partial charge in [-0.05, 0) is 49.7 Å². The van der Waals surface area contributed by atoms with Gasteiger partial charge in [0.15, 0.2) is 0 Å². The van der Waals surface area contributed by atoms with E-state index >= 15 is 0 Å².